The highest BCUT2D eigenvalue weighted by molar-refractivity contribution is 6.30. The van der Waals surface area contributed by atoms with E-state index in [0.29, 0.717) is 11.5 Å². The zero-order valence-corrected chi connectivity index (χ0v) is 8.92. The number of nitrogens with two attached hydrogens (primary N) is 1. The second kappa shape index (κ2) is 4.07. The van der Waals surface area contributed by atoms with Crippen LogP contribution < -0.4 is 5.73 Å². The van der Waals surface area contributed by atoms with Gasteiger partial charge in [0.05, 0.1) is 18.2 Å². The predicted molar refractivity (Wildman–Crippen MR) is 57.2 cm³/mol. The van der Waals surface area contributed by atoms with E-state index in [1.54, 1.807) is 22.9 Å². The average Bonchev–Trinajstić information content (AvgIpc) is 2.52. The molecule has 2 aromatic heterocycles. The molecule has 2 aromatic rings. The minimum atomic E-state index is -0.984. The van der Waals surface area contributed by atoms with Crippen molar-refractivity contribution in [1.29, 1.82) is 0 Å². The smallest absolute Gasteiger partial charge is 0.305 e. The molecule has 0 fully saturated rings. The first-order valence-corrected chi connectivity index (χ1v) is 4.93. The van der Waals surface area contributed by atoms with Crippen molar-refractivity contribution in [2.24, 2.45) is 5.73 Å². The summed E-state index contributed by atoms with van der Waals surface area (Å²) in [6.45, 7) is 0. The van der Waals surface area contributed by atoms with Crippen molar-refractivity contribution < 1.29 is 9.90 Å². The normalized spacial score (nSPS) is 12.9. The molecular formula is C9H9ClN4O2. The van der Waals surface area contributed by atoms with E-state index in [0.717, 1.165) is 0 Å². The first kappa shape index (κ1) is 10.8. The van der Waals surface area contributed by atoms with E-state index in [1.165, 1.54) is 0 Å². The zero-order chi connectivity index (χ0) is 11.7. The lowest BCUT2D eigenvalue weighted by Crippen LogP contribution is -2.17. The highest BCUT2D eigenvalue weighted by atomic mass is 35.5. The fraction of sp³-hybridized carbons (Fsp3) is 0.222. The summed E-state index contributed by atoms with van der Waals surface area (Å²) in [5.41, 5.74) is 6.22. The number of carboxylic acid groups (broad SMARTS) is 1. The lowest BCUT2D eigenvalue weighted by molar-refractivity contribution is -0.137. The summed E-state index contributed by atoms with van der Waals surface area (Å²) in [5, 5.41) is 8.86. The van der Waals surface area contributed by atoms with Gasteiger partial charge in [0.25, 0.3) is 0 Å². The molecule has 0 saturated heterocycles. The third-order valence-corrected chi connectivity index (χ3v) is 2.42. The number of fused-ring (bicyclic) bond motifs is 1. The van der Waals surface area contributed by atoms with E-state index in [1.807, 2.05) is 0 Å². The number of halogens is 1. The number of aliphatic carboxylic acids is 1. The van der Waals surface area contributed by atoms with Crippen LogP contribution in [0.5, 0.6) is 0 Å². The molecular weight excluding hydrogens is 232 g/mol. The Morgan fingerprint density at radius 3 is 3.12 bits per heavy atom. The van der Waals surface area contributed by atoms with Crippen LogP contribution in [0.25, 0.3) is 5.78 Å². The fourth-order valence-electron chi connectivity index (χ4n) is 1.49. The van der Waals surface area contributed by atoms with Gasteiger partial charge in [0.15, 0.2) is 5.15 Å². The molecule has 0 aliphatic carbocycles. The van der Waals surface area contributed by atoms with Crippen LogP contribution >= 0.6 is 11.6 Å². The molecule has 7 heteroatoms. The summed E-state index contributed by atoms with van der Waals surface area (Å²) < 4.78 is 1.59. The molecule has 3 N–H and O–H groups in total. The third kappa shape index (κ3) is 1.84. The van der Waals surface area contributed by atoms with Crippen LogP contribution in [0.15, 0.2) is 18.5 Å². The monoisotopic (exact) mass is 240 g/mol. The summed E-state index contributed by atoms with van der Waals surface area (Å²) in [7, 11) is 0. The van der Waals surface area contributed by atoms with Crippen molar-refractivity contribution in [3.8, 4) is 0 Å². The van der Waals surface area contributed by atoms with Gasteiger partial charge in [-0.05, 0) is 6.07 Å². The van der Waals surface area contributed by atoms with Gasteiger partial charge in [-0.1, -0.05) is 11.6 Å². The number of carbonyl (C=O) groups is 1. The molecule has 84 valence electrons. The van der Waals surface area contributed by atoms with Gasteiger partial charge in [-0.2, -0.15) is 4.98 Å². The molecule has 1 unspecified atom stereocenters. The summed E-state index contributed by atoms with van der Waals surface area (Å²) >= 11 is 5.90. The van der Waals surface area contributed by atoms with E-state index >= 15 is 0 Å². The Morgan fingerprint density at radius 1 is 1.69 bits per heavy atom. The predicted octanol–water partition coefficient (Wildman–Crippen LogP) is 0.857. The molecule has 0 bridgehead atoms. The number of carboxylic acids is 1. The number of hydrogen-bond acceptors (Lipinski definition) is 4. The number of nitrogens with zero attached hydrogens (tertiary/aromatic N) is 3. The molecule has 16 heavy (non-hydrogen) atoms. The lowest BCUT2D eigenvalue weighted by atomic mass is 10.1. The molecule has 0 radical (unpaired) electrons. The maximum atomic E-state index is 10.6. The lowest BCUT2D eigenvalue weighted by Gasteiger charge is -2.08. The largest absolute Gasteiger partial charge is 0.481 e. The Balaban J connectivity index is 2.50. The summed E-state index contributed by atoms with van der Waals surface area (Å²) in [6.07, 6.45) is 3.06. The molecule has 2 rings (SSSR count). The van der Waals surface area contributed by atoms with Gasteiger partial charge in [-0.3, -0.25) is 9.20 Å². The van der Waals surface area contributed by atoms with Crippen molar-refractivity contribution >= 4 is 23.3 Å². The Morgan fingerprint density at radius 2 is 2.44 bits per heavy atom. The molecule has 0 spiro atoms. The van der Waals surface area contributed by atoms with Gasteiger partial charge < -0.3 is 10.8 Å². The molecule has 1 atom stereocenters. The Kier molecular flexibility index (Phi) is 2.76. The quantitative estimate of drug-likeness (QED) is 0.830. The Hall–Kier alpha value is -1.66. The van der Waals surface area contributed by atoms with Crippen molar-refractivity contribution in [1.82, 2.24) is 14.4 Å². The van der Waals surface area contributed by atoms with Crippen molar-refractivity contribution in [3.63, 3.8) is 0 Å². The number of hydrogen-bond donors (Lipinski definition) is 2. The molecule has 0 aliphatic rings. The molecule has 6 nitrogen and oxygen atoms in total. The molecule has 0 amide bonds. The van der Waals surface area contributed by atoms with Crippen molar-refractivity contribution in [2.45, 2.75) is 12.5 Å². The standard InChI is InChI=1S/C9H9ClN4O2/c10-8-7(5(11)4-6(15)16)14-3-1-2-12-9(14)13-8/h1-3,5H,4,11H2,(H,15,16). The third-order valence-electron chi connectivity index (χ3n) is 2.14. The molecule has 0 aromatic carbocycles. The van der Waals surface area contributed by atoms with Crippen LogP contribution in [0.2, 0.25) is 5.15 Å². The maximum Gasteiger partial charge on any atom is 0.305 e. The summed E-state index contributed by atoms with van der Waals surface area (Å²) in [4.78, 5) is 18.6. The summed E-state index contributed by atoms with van der Waals surface area (Å²) in [6, 6.07) is 0.992. The number of rotatable bonds is 3. The van der Waals surface area contributed by atoms with Crippen LogP contribution in [0.1, 0.15) is 18.2 Å². The van der Waals surface area contributed by atoms with Crippen molar-refractivity contribution in [3.05, 3.63) is 29.3 Å². The highest BCUT2D eigenvalue weighted by Gasteiger charge is 2.19. The zero-order valence-electron chi connectivity index (χ0n) is 8.17. The average molecular weight is 241 g/mol. The van der Waals surface area contributed by atoms with Crippen LogP contribution in [-0.4, -0.2) is 25.4 Å². The molecule has 2 heterocycles. The summed E-state index contributed by atoms with van der Waals surface area (Å²) in [5.74, 6) is -0.578. The van der Waals surface area contributed by atoms with E-state index in [-0.39, 0.29) is 11.6 Å². The number of imidazole rings is 1. The first-order chi connectivity index (χ1) is 7.59. The van der Waals surface area contributed by atoms with Gasteiger partial charge in [-0.15, -0.1) is 0 Å². The van der Waals surface area contributed by atoms with E-state index < -0.39 is 12.0 Å². The maximum absolute atomic E-state index is 10.6. The molecule has 0 saturated carbocycles. The van der Waals surface area contributed by atoms with Crippen LogP contribution in [0.4, 0.5) is 0 Å². The molecule has 0 aliphatic heterocycles. The van der Waals surface area contributed by atoms with Gasteiger partial charge in [0, 0.05) is 12.4 Å². The minimum Gasteiger partial charge on any atom is -0.481 e. The van der Waals surface area contributed by atoms with Gasteiger partial charge >= 0.3 is 5.97 Å². The van der Waals surface area contributed by atoms with E-state index in [4.69, 9.17) is 22.4 Å². The topological polar surface area (TPSA) is 93.5 Å². The highest BCUT2D eigenvalue weighted by Crippen LogP contribution is 2.23. The van der Waals surface area contributed by atoms with Crippen LogP contribution in [0, 0.1) is 0 Å². The first-order valence-electron chi connectivity index (χ1n) is 4.55. The van der Waals surface area contributed by atoms with Gasteiger partial charge in [0.2, 0.25) is 5.78 Å². The SMILES string of the molecule is NC(CC(=O)O)c1c(Cl)nc2ncccn12. The second-order valence-corrected chi connectivity index (χ2v) is 3.64. The Labute approximate surface area is 95.7 Å². The Bertz CT molecular complexity index is 539. The van der Waals surface area contributed by atoms with E-state index in [2.05, 4.69) is 9.97 Å². The fourth-order valence-corrected chi connectivity index (χ4v) is 1.80. The minimum absolute atomic E-state index is 0.187. The van der Waals surface area contributed by atoms with Crippen molar-refractivity contribution in [2.75, 3.05) is 0 Å². The van der Waals surface area contributed by atoms with Gasteiger partial charge in [-0.25, -0.2) is 4.98 Å². The number of aromatic nitrogens is 3. The second-order valence-electron chi connectivity index (χ2n) is 3.28. The van der Waals surface area contributed by atoms with E-state index in [9.17, 15) is 4.79 Å². The van der Waals surface area contributed by atoms with Gasteiger partial charge in [0.1, 0.15) is 0 Å². The van der Waals surface area contributed by atoms with Crippen LogP contribution in [-0.2, 0) is 4.79 Å². The van der Waals surface area contributed by atoms with Crippen LogP contribution in [0.3, 0.4) is 0 Å².